The number of hydrogen-bond acceptors (Lipinski definition) is 5. The molecule has 2 aliphatic carbocycles. The molecule has 0 amide bonds. The first-order chi connectivity index (χ1) is 19.0. The lowest BCUT2D eigenvalue weighted by molar-refractivity contribution is -0.116. The Morgan fingerprint density at radius 3 is 2.56 bits per heavy atom. The van der Waals surface area contributed by atoms with Crippen molar-refractivity contribution in [3.05, 3.63) is 95.9 Å². The molecule has 196 valence electrons. The number of anilines is 2. The van der Waals surface area contributed by atoms with E-state index in [1.54, 1.807) is 25.3 Å². The number of para-hydroxylation sites is 2. The van der Waals surface area contributed by atoms with Crippen LogP contribution in [0.1, 0.15) is 44.7 Å². The van der Waals surface area contributed by atoms with E-state index in [4.69, 9.17) is 9.98 Å². The molecule has 0 bridgehead atoms. The summed E-state index contributed by atoms with van der Waals surface area (Å²) in [4.78, 5) is 26.2. The Morgan fingerprint density at radius 1 is 1.03 bits per heavy atom. The summed E-state index contributed by atoms with van der Waals surface area (Å²) in [6.07, 6.45) is 7.85. The van der Waals surface area contributed by atoms with Gasteiger partial charge in [0.1, 0.15) is 11.6 Å². The Morgan fingerprint density at radius 2 is 1.82 bits per heavy atom. The van der Waals surface area contributed by atoms with Crippen LogP contribution in [0, 0.1) is 5.82 Å². The van der Waals surface area contributed by atoms with Gasteiger partial charge in [-0.05, 0) is 80.4 Å². The second kappa shape index (κ2) is 10.8. The third kappa shape index (κ3) is 5.43. The van der Waals surface area contributed by atoms with Crippen LogP contribution >= 0.6 is 0 Å². The number of carbonyl (C=O) groups excluding carboxylic acids is 1. The van der Waals surface area contributed by atoms with Gasteiger partial charge in [-0.3, -0.25) is 14.8 Å². The third-order valence-corrected chi connectivity index (χ3v) is 7.21. The van der Waals surface area contributed by atoms with E-state index >= 15 is 0 Å². The van der Waals surface area contributed by atoms with Gasteiger partial charge in [-0.15, -0.1) is 0 Å². The van der Waals surface area contributed by atoms with E-state index in [1.165, 1.54) is 31.4 Å². The molecule has 1 aromatic heterocycles. The second-order valence-corrected chi connectivity index (χ2v) is 10.2. The fourth-order valence-electron chi connectivity index (χ4n) is 5.34. The fraction of sp³-hybridized carbons (Fsp3) is 0.250. The summed E-state index contributed by atoms with van der Waals surface area (Å²) in [6, 6.07) is 22.7. The minimum absolute atomic E-state index is 0.0825. The second-order valence-electron chi connectivity index (χ2n) is 10.2. The van der Waals surface area contributed by atoms with Crippen molar-refractivity contribution in [3.63, 3.8) is 0 Å². The normalized spacial score (nSPS) is 14.7. The Balaban J connectivity index is 1.54. The molecule has 0 radical (unpaired) electrons. The highest BCUT2D eigenvalue weighted by molar-refractivity contribution is 5.84. The van der Waals surface area contributed by atoms with Crippen molar-refractivity contribution in [2.75, 3.05) is 5.32 Å². The van der Waals surface area contributed by atoms with Gasteiger partial charge in [0.15, 0.2) is 0 Å². The number of pyridine rings is 1. The zero-order valence-electron chi connectivity index (χ0n) is 21.9. The molecule has 1 saturated carbocycles. The quantitative estimate of drug-likeness (QED) is 0.251. The van der Waals surface area contributed by atoms with Gasteiger partial charge in [0, 0.05) is 17.8 Å². The lowest BCUT2D eigenvalue weighted by Gasteiger charge is -2.21. The maximum atomic E-state index is 13.8. The van der Waals surface area contributed by atoms with E-state index in [9.17, 15) is 9.18 Å². The van der Waals surface area contributed by atoms with Crippen molar-refractivity contribution in [2.45, 2.75) is 51.5 Å². The monoisotopic (exact) mass is 519 g/mol. The number of ketones is 1. The summed E-state index contributed by atoms with van der Waals surface area (Å²) >= 11 is 0. The first-order valence-electron chi connectivity index (χ1n) is 13.5. The number of nitrogens with one attached hydrogen (secondary N) is 1. The minimum Gasteiger partial charge on any atom is -0.352 e. The molecule has 3 aliphatic rings. The van der Waals surface area contributed by atoms with Crippen LogP contribution in [-0.2, 0) is 11.2 Å². The van der Waals surface area contributed by atoms with Crippen molar-refractivity contribution in [2.24, 2.45) is 4.99 Å². The van der Waals surface area contributed by atoms with Crippen molar-refractivity contribution < 1.29 is 9.18 Å². The lowest BCUT2D eigenvalue weighted by atomic mass is 9.96. The number of nitrogens with zero attached hydrogens (tertiary/aromatic N) is 4. The van der Waals surface area contributed by atoms with Crippen molar-refractivity contribution in [1.82, 2.24) is 14.5 Å². The summed E-state index contributed by atoms with van der Waals surface area (Å²) in [5.41, 5.74) is 6.73. The zero-order chi connectivity index (χ0) is 26.8. The van der Waals surface area contributed by atoms with E-state index in [0.717, 1.165) is 63.4 Å². The van der Waals surface area contributed by atoms with Gasteiger partial charge in [0.25, 0.3) is 0 Å². The summed E-state index contributed by atoms with van der Waals surface area (Å²) in [5, 5.41) is 4.37. The van der Waals surface area contributed by atoms with Gasteiger partial charge < -0.3 is 9.88 Å². The van der Waals surface area contributed by atoms with E-state index in [2.05, 4.69) is 20.9 Å². The van der Waals surface area contributed by atoms with Crippen LogP contribution in [0.25, 0.3) is 28.1 Å². The Hall–Kier alpha value is -4.39. The highest BCUT2D eigenvalue weighted by Gasteiger charge is 2.18. The van der Waals surface area contributed by atoms with E-state index in [1.807, 2.05) is 42.5 Å². The molecule has 1 aliphatic heterocycles. The first-order valence-corrected chi connectivity index (χ1v) is 13.5. The van der Waals surface area contributed by atoms with E-state index in [0.29, 0.717) is 6.42 Å². The molecule has 2 aromatic carbocycles. The van der Waals surface area contributed by atoms with Crippen molar-refractivity contribution in [1.29, 1.82) is 0 Å². The van der Waals surface area contributed by atoms with Crippen LogP contribution in [0.5, 0.6) is 0 Å². The molecule has 6 nitrogen and oxygen atoms in total. The minimum atomic E-state index is -0.274. The fourth-order valence-corrected chi connectivity index (χ4v) is 5.34. The molecule has 0 atom stereocenters. The number of benzene rings is 3. The number of halogens is 1. The molecule has 2 heterocycles. The van der Waals surface area contributed by atoms with Crippen LogP contribution in [0.15, 0.2) is 84.0 Å². The number of aromatic nitrogens is 3. The molecule has 7 heteroatoms. The molecule has 1 N–H and O–H groups in total. The molecule has 6 rings (SSSR count). The van der Waals surface area contributed by atoms with Crippen LogP contribution in [-0.4, -0.2) is 26.4 Å². The highest BCUT2D eigenvalue weighted by atomic mass is 19.1. The largest absolute Gasteiger partial charge is 0.352 e. The van der Waals surface area contributed by atoms with Gasteiger partial charge in [-0.1, -0.05) is 31.4 Å². The number of carbonyl (C=O) groups is 1. The lowest BCUT2D eigenvalue weighted by Crippen LogP contribution is -2.19. The van der Waals surface area contributed by atoms with Gasteiger partial charge in [-0.25, -0.2) is 9.37 Å². The highest BCUT2D eigenvalue weighted by Crippen LogP contribution is 2.31. The van der Waals surface area contributed by atoms with Crippen LogP contribution in [0.2, 0.25) is 0 Å². The van der Waals surface area contributed by atoms with Crippen molar-refractivity contribution >= 4 is 28.2 Å². The predicted molar refractivity (Wildman–Crippen MR) is 152 cm³/mol. The van der Waals surface area contributed by atoms with E-state index < -0.39 is 0 Å². The molecule has 39 heavy (non-hydrogen) atoms. The average Bonchev–Trinajstić information content (AvgIpc) is 2.94. The van der Waals surface area contributed by atoms with Crippen molar-refractivity contribution in [3.8, 4) is 17.1 Å². The molecule has 1 fully saturated rings. The smallest absolute Gasteiger partial charge is 0.135 e. The van der Waals surface area contributed by atoms with Gasteiger partial charge in [-0.2, -0.15) is 0 Å². The maximum absolute atomic E-state index is 13.8. The van der Waals surface area contributed by atoms with Crippen LogP contribution < -0.4 is 10.7 Å². The molecular formula is C32H30FN5O. The number of hydrogen-bond donors (Lipinski definition) is 1. The molecule has 3 aromatic rings. The maximum Gasteiger partial charge on any atom is 0.135 e. The molecule has 0 spiro atoms. The van der Waals surface area contributed by atoms with Crippen LogP contribution in [0.3, 0.4) is 0 Å². The SMILES string of the molecule is CC(=O)Cc1ccc(Nc2cc3nc4ccccc4n(-c4ccc(F)cc4)c-3cc2=NC2CCCCC2)cn1. The van der Waals surface area contributed by atoms with Gasteiger partial charge in [0.2, 0.25) is 0 Å². The summed E-state index contributed by atoms with van der Waals surface area (Å²) in [6.45, 7) is 1.57. The van der Waals surface area contributed by atoms with E-state index in [-0.39, 0.29) is 17.6 Å². The summed E-state index contributed by atoms with van der Waals surface area (Å²) < 4.78 is 16.0. The average molecular weight is 520 g/mol. The van der Waals surface area contributed by atoms with Gasteiger partial charge in [0.05, 0.1) is 51.4 Å². The summed E-state index contributed by atoms with van der Waals surface area (Å²) in [7, 11) is 0. The molecule has 0 unspecified atom stereocenters. The third-order valence-electron chi connectivity index (χ3n) is 7.21. The van der Waals surface area contributed by atoms with Crippen LogP contribution in [0.4, 0.5) is 15.8 Å². The number of fused-ring (bicyclic) bond motifs is 2. The first kappa shape index (κ1) is 24.9. The molecule has 0 saturated heterocycles. The number of rotatable bonds is 6. The zero-order valence-corrected chi connectivity index (χ0v) is 21.9. The van der Waals surface area contributed by atoms with Gasteiger partial charge >= 0.3 is 0 Å². The summed E-state index contributed by atoms with van der Waals surface area (Å²) in [5.74, 6) is -0.191. The Kier molecular flexibility index (Phi) is 6.88. The standard InChI is InChI=1S/C32H30FN5O/c1-21(39)17-24-13-14-25(20-34-24)36-28-18-30-32(19-29(28)35-23-7-3-2-4-8-23)38(26-15-11-22(33)12-16-26)31-10-6-5-9-27(31)37-30/h5-6,9-16,18-20,23,36H,2-4,7-8,17H2,1H3. The topological polar surface area (TPSA) is 72.2 Å². The predicted octanol–water partition coefficient (Wildman–Crippen LogP) is 6.77. The molecular weight excluding hydrogens is 489 g/mol. The Labute approximate surface area is 226 Å². The number of Topliss-reactive ketones (excluding diaryl/α,β-unsaturated/α-hetero) is 1. The Bertz CT molecular complexity index is 1670.